The summed E-state index contributed by atoms with van der Waals surface area (Å²) in [5.41, 5.74) is 3.25. The molecule has 1 N–H and O–H groups in total. The van der Waals surface area contributed by atoms with E-state index in [0.29, 0.717) is 6.42 Å². The van der Waals surface area contributed by atoms with Gasteiger partial charge in [-0.15, -0.1) is 0 Å². The number of carbonyl (C=O) groups excluding carboxylic acids is 1. The van der Waals surface area contributed by atoms with Crippen molar-refractivity contribution >= 4 is 11.6 Å². The van der Waals surface area contributed by atoms with Crippen LogP contribution in [0.4, 0.5) is 5.69 Å². The first kappa shape index (κ1) is 16.2. The first-order valence-electron chi connectivity index (χ1n) is 7.63. The fourth-order valence-electron chi connectivity index (χ4n) is 2.50. The Labute approximate surface area is 133 Å². The van der Waals surface area contributed by atoms with Crippen LogP contribution < -0.4 is 5.32 Å². The Balaban J connectivity index is 1.94. The molecule has 0 aliphatic carbocycles. The van der Waals surface area contributed by atoms with Gasteiger partial charge in [-0.3, -0.25) is 4.79 Å². The number of anilines is 1. The summed E-state index contributed by atoms with van der Waals surface area (Å²) in [6.07, 6.45) is 0.488. The molecule has 3 heteroatoms. The lowest BCUT2D eigenvalue weighted by Crippen LogP contribution is -2.15. The summed E-state index contributed by atoms with van der Waals surface area (Å²) in [5, 5.41) is 3.00. The summed E-state index contributed by atoms with van der Waals surface area (Å²) in [7, 11) is 4.07. The lowest BCUT2D eigenvalue weighted by Gasteiger charge is -2.13. The highest BCUT2D eigenvalue weighted by Gasteiger charge is 2.11. The minimum absolute atomic E-state index is 0.0540. The monoisotopic (exact) mass is 296 g/mol. The van der Waals surface area contributed by atoms with E-state index in [2.05, 4.69) is 35.3 Å². The average Bonchev–Trinajstić information content (AvgIpc) is 2.47. The number of nitrogens with zero attached hydrogens (tertiary/aromatic N) is 1. The molecule has 1 atom stereocenters. The van der Waals surface area contributed by atoms with E-state index in [-0.39, 0.29) is 11.8 Å². The summed E-state index contributed by atoms with van der Waals surface area (Å²) in [6.45, 7) is 2.95. The number of nitrogens with one attached hydrogen (secondary N) is 1. The van der Waals surface area contributed by atoms with Gasteiger partial charge < -0.3 is 10.2 Å². The summed E-state index contributed by atoms with van der Waals surface area (Å²) in [4.78, 5) is 14.3. The van der Waals surface area contributed by atoms with Crippen LogP contribution in [-0.2, 0) is 11.3 Å². The van der Waals surface area contributed by atoms with Gasteiger partial charge in [0.15, 0.2) is 0 Å². The summed E-state index contributed by atoms with van der Waals surface area (Å²) in [6, 6.07) is 18.2. The van der Waals surface area contributed by atoms with Crippen molar-refractivity contribution in [2.24, 2.45) is 0 Å². The number of hydrogen-bond donors (Lipinski definition) is 1. The molecule has 116 valence electrons. The van der Waals surface area contributed by atoms with Crippen LogP contribution in [0.1, 0.15) is 30.4 Å². The number of benzene rings is 2. The van der Waals surface area contributed by atoms with Gasteiger partial charge in [0.25, 0.3) is 0 Å². The lowest BCUT2D eigenvalue weighted by molar-refractivity contribution is -0.116. The molecule has 0 aromatic heterocycles. The molecule has 0 saturated heterocycles. The number of amides is 1. The van der Waals surface area contributed by atoms with E-state index >= 15 is 0 Å². The minimum atomic E-state index is 0.0540. The summed E-state index contributed by atoms with van der Waals surface area (Å²) < 4.78 is 0. The zero-order chi connectivity index (χ0) is 15.9. The molecule has 0 saturated carbocycles. The van der Waals surface area contributed by atoms with Crippen molar-refractivity contribution in [3.8, 4) is 0 Å². The van der Waals surface area contributed by atoms with E-state index in [1.165, 1.54) is 11.1 Å². The molecule has 2 rings (SSSR count). The van der Waals surface area contributed by atoms with Crippen molar-refractivity contribution in [2.45, 2.75) is 25.8 Å². The highest BCUT2D eigenvalue weighted by molar-refractivity contribution is 5.91. The molecule has 1 amide bonds. The van der Waals surface area contributed by atoms with Crippen molar-refractivity contribution in [1.29, 1.82) is 0 Å². The van der Waals surface area contributed by atoms with Gasteiger partial charge in [0, 0.05) is 18.7 Å². The molecule has 2 aromatic carbocycles. The smallest absolute Gasteiger partial charge is 0.224 e. The van der Waals surface area contributed by atoms with Crippen molar-refractivity contribution in [3.05, 3.63) is 65.7 Å². The Kier molecular flexibility index (Phi) is 5.73. The predicted molar refractivity (Wildman–Crippen MR) is 91.9 cm³/mol. The van der Waals surface area contributed by atoms with Crippen LogP contribution in [0.2, 0.25) is 0 Å². The molecule has 0 bridgehead atoms. The maximum absolute atomic E-state index is 12.2. The van der Waals surface area contributed by atoms with Crippen LogP contribution in [0.3, 0.4) is 0 Å². The maximum Gasteiger partial charge on any atom is 0.224 e. The topological polar surface area (TPSA) is 32.3 Å². The Morgan fingerprint density at radius 2 is 1.82 bits per heavy atom. The fourth-order valence-corrected chi connectivity index (χ4v) is 2.50. The fraction of sp³-hybridized carbons (Fsp3) is 0.316. The number of carbonyl (C=O) groups is 1. The van der Waals surface area contributed by atoms with Gasteiger partial charge in [-0.1, -0.05) is 49.4 Å². The molecule has 0 radical (unpaired) electrons. The summed E-state index contributed by atoms with van der Waals surface area (Å²) in [5.74, 6) is 0.268. The van der Waals surface area contributed by atoms with E-state index in [4.69, 9.17) is 0 Å². The van der Waals surface area contributed by atoms with Crippen LogP contribution in [0.5, 0.6) is 0 Å². The second kappa shape index (κ2) is 7.76. The molecule has 22 heavy (non-hydrogen) atoms. The second-order valence-corrected chi connectivity index (χ2v) is 6.00. The molecule has 0 fully saturated rings. The highest BCUT2D eigenvalue weighted by Crippen LogP contribution is 2.20. The van der Waals surface area contributed by atoms with Crippen LogP contribution in [0.15, 0.2) is 54.6 Å². The van der Waals surface area contributed by atoms with Gasteiger partial charge in [0.05, 0.1) is 0 Å². The van der Waals surface area contributed by atoms with Crippen molar-refractivity contribution in [2.75, 3.05) is 19.4 Å². The van der Waals surface area contributed by atoms with Crippen LogP contribution in [0, 0.1) is 0 Å². The van der Waals surface area contributed by atoms with Crippen molar-refractivity contribution in [3.63, 3.8) is 0 Å². The summed E-state index contributed by atoms with van der Waals surface area (Å²) >= 11 is 0. The Morgan fingerprint density at radius 3 is 2.50 bits per heavy atom. The van der Waals surface area contributed by atoms with Crippen molar-refractivity contribution in [1.82, 2.24) is 4.90 Å². The van der Waals surface area contributed by atoms with E-state index in [1.54, 1.807) is 0 Å². The molecule has 3 nitrogen and oxygen atoms in total. The van der Waals surface area contributed by atoms with E-state index in [9.17, 15) is 4.79 Å². The Morgan fingerprint density at radius 1 is 1.09 bits per heavy atom. The minimum Gasteiger partial charge on any atom is -0.326 e. The molecule has 0 heterocycles. The maximum atomic E-state index is 12.2. The Bertz CT molecular complexity index is 608. The van der Waals surface area contributed by atoms with Gasteiger partial charge in [0.1, 0.15) is 0 Å². The van der Waals surface area contributed by atoms with Crippen LogP contribution >= 0.6 is 0 Å². The van der Waals surface area contributed by atoms with Crippen LogP contribution in [0.25, 0.3) is 0 Å². The third-order valence-electron chi connectivity index (χ3n) is 3.57. The molecular weight excluding hydrogens is 272 g/mol. The number of rotatable bonds is 6. The van der Waals surface area contributed by atoms with Crippen LogP contribution in [-0.4, -0.2) is 24.9 Å². The molecule has 1 unspecified atom stereocenters. The molecule has 0 aliphatic heterocycles. The second-order valence-electron chi connectivity index (χ2n) is 6.00. The SMILES string of the molecule is CC(CC(=O)Nc1cccc(CN(C)C)c1)c1ccccc1. The quantitative estimate of drug-likeness (QED) is 0.877. The standard InChI is InChI=1S/C19H24N2O/c1-15(17-9-5-4-6-10-17)12-19(22)20-18-11-7-8-16(13-18)14-21(2)3/h4-11,13,15H,12,14H2,1-3H3,(H,20,22). The molecule has 0 spiro atoms. The van der Waals surface area contributed by atoms with E-state index < -0.39 is 0 Å². The van der Waals surface area contributed by atoms with E-state index in [1.807, 2.05) is 50.5 Å². The largest absolute Gasteiger partial charge is 0.326 e. The van der Waals surface area contributed by atoms with E-state index in [0.717, 1.165) is 12.2 Å². The molecule has 0 aliphatic rings. The zero-order valence-electron chi connectivity index (χ0n) is 13.5. The third-order valence-corrected chi connectivity index (χ3v) is 3.57. The third kappa shape index (κ3) is 5.01. The number of hydrogen-bond acceptors (Lipinski definition) is 2. The molecule has 2 aromatic rings. The first-order valence-corrected chi connectivity index (χ1v) is 7.63. The normalized spacial score (nSPS) is 12.2. The molecular formula is C19H24N2O. The van der Waals surface area contributed by atoms with Gasteiger partial charge >= 0.3 is 0 Å². The van der Waals surface area contributed by atoms with Gasteiger partial charge in [-0.2, -0.15) is 0 Å². The van der Waals surface area contributed by atoms with Gasteiger partial charge in [0.2, 0.25) is 5.91 Å². The average molecular weight is 296 g/mol. The lowest BCUT2D eigenvalue weighted by atomic mass is 9.97. The van der Waals surface area contributed by atoms with Gasteiger partial charge in [-0.25, -0.2) is 0 Å². The first-order chi connectivity index (χ1) is 10.5. The van der Waals surface area contributed by atoms with Crippen molar-refractivity contribution < 1.29 is 4.79 Å². The highest BCUT2D eigenvalue weighted by atomic mass is 16.1. The predicted octanol–water partition coefficient (Wildman–Crippen LogP) is 3.88. The Hall–Kier alpha value is -2.13. The zero-order valence-corrected chi connectivity index (χ0v) is 13.5. The van der Waals surface area contributed by atoms with Gasteiger partial charge in [-0.05, 0) is 43.3 Å².